The Morgan fingerprint density at radius 2 is 2.14 bits per heavy atom. The summed E-state index contributed by atoms with van der Waals surface area (Å²) in [5.74, 6) is -0.427. The Labute approximate surface area is 133 Å². The summed E-state index contributed by atoms with van der Waals surface area (Å²) in [6.07, 6.45) is 5.66. The van der Waals surface area contributed by atoms with Crippen molar-refractivity contribution in [1.82, 2.24) is 10.2 Å². The van der Waals surface area contributed by atoms with Crippen molar-refractivity contribution in [3.05, 3.63) is 34.1 Å². The van der Waals surface area contributed by atoms with Gasteiger partial charge in [0.05, 0.1) is 5.56 Å². The minimum Gasteiger partial charge on any atom is -0.334 e. The molecule has 1 aromatic carbocycles. The number of hydrogen-bond donors (Lipinski definition) is 1. The maximum absolute atomic E-state index is 13.4. The number of nitrogens with one attached hydrogen (secondary N) is 1. The van der Waals surface area contributed by atoms with Crippen LogP contribution in [-0.4, -0.2) is 36.0 Å². The molecule has 114 valence electrons. The molecule has 3 nitrogen and oxygen atoms in total. The van der Waals surface area contributed by atoms with Crippen molar-refractivity contribution >= 4 is 21.8 Å². The minimum absolute atomic E-state index is 0.0590. The lowest BCUT2D eigenvalue weighted by molar-refractivity contribution is 0.0716. The zero-order valence-corrected chi connectivity index (χ0v) is 13.5. The summed E-state index contributed by atoms with van der Waals surface area (Å²) in [6.45, 7) is 1.76. The first-order valence-corrected chi connectivity index (χ1v) is 8.44. The van der Waals surface area contributed by atoms with Gasteiger partial charge in [0.25, 0.3) is 5.91 Å². The van der Waals surface area contributed by atoms with Crippen LogP contribution in [0.1, 0.15) is 42.5 Å². The summed E-state index contributed by atoms with van der Waals surface area (Å²) in [5.41, 5.74) is 0.428. The molecule has 0 spiro atoms. The van der Waals surface area contributed by atoms with Crippen LogP contribution in [0.2, 0.25) is 0 Å². The van der Waals surface area contributed by atoms with E-state index in [2.05, 4.69) is 21.2 Å². The third-order valence-electron chi connectivity index (χ3n) is 4.24. The van der Waals surface area contributed by atoms with Crippen molar-refractivity contribution in [3.8, 4) is 0 Å². The number of hydrogen-bond acceptors (Lipinski definition) is 2. The zero-order valence-electron chi connectivity index (χ0n) is 11.9. The SMILES string of the molecule is O=C(c1cc(F)ccc1Br)N(CC1CCCCN1)C1CC1. The lowest BCUT2D eigenvalue weighted by Gasteiger charge is -2.31. The molecule has 1 unspecified atom stereocenters. The number of halogens is 2. The summed E-state index contributed by atoms with van der Waals surface area (Å²) in [5, 5.41) is 3.48. The largest absolute Gasteiger partial charge is 0.334 e. The van der Waals surface area contributed by atoms with Gasteiger partial charge < -0.3 is 10.2 Å². The van der Waals surface area contributed by atoms with Gasteiger partial charge in [0.1, 0.15) is 5.82 Å². The van der Waals surface area contributed by atoms with Gasteiger partial charge >= 0.3 is 0 Å². The molecular formula is C16H20BrFN2O. The van der Waals surface area contributed by atoms with Crippen LogP contribution < -0.4 is 5.32 Å². The van der Waals surface area contributed by atoms with Crippen LogP contribution in [0.4, 0.5) is 4.39 Å². The molecule has 3 rings (SSSR count). The molecular weight excluding hydrogens is 335 g/mol. The van der Waals surface area contributed by atoms with Crippen LogP contribution in [0, 0.1) is 5.82 Å². The number of amides is 1. The average molecular weight is 355 g/mol. The van der Waals surface area contributed by atoms with Crippen LogP contribution >= 0.6 is 15.9 Å². The van der Waals surface area contributed by atoms with E-state index in [9.17, 15) is 9.18 Å². The van der Waals surface area contributed by atoms with Gasteiger partial charge in [0.15, 0.2) is 0 Å². The molecule has 1 atom stereocenters. The highest BCUT2D eigenvalue weighted by molar-refractivity contribution is 9.10. The first-order chi connectivity index (χ1) is 10.1. The maximum Gasteiger partial charge on any atom is 0.255 e. The van der Waals surface area contributed by atoms with Crippen molar-refractivity contribution in [2.45, 2.75) is 44.2 Å². The molecule has 1 saturated heterocycles. The molecule has 5 heteroatoms. The second-order valence-corrected chi connectivity index (χ2v) is 6.81. The number of nitrogens with zero attached hydrogens (tertiary/aromatic N) is 1. The lowest BCUT2D eigenvalue weighted by atomic mass is 10.0. The molecule has 2 aliphatic rings. The van der Waals surface area contributed by atoms with E-state index in [-0.39, 0.29) is 11.7 Å². The van der Waals surface area contributed by atoms with Crippen molar-refractivity contribution in [2.24, 2.45) is 0 Å². The maximum atomic E-state index is 13.4. The van der Waals surface area contributed by atoms with Crippen LogP contribution in [0.3, 0.4) is 0 Å². The summed E-state index contributed by atoms with van der Waals surface area (Å²) in [7, 11) is 0. The number of benzene rings is 1. The van der Waals surface area contributed by atoms with Gasteiger partial charge in [-0.2, -0.15) is 0 Å². The smallest absolute Gasteiger partial charge is 0.255 e. The highest BCUT2D eigenvalue weighted by Crippen LogP contribution is 2.30. The molecule has 1 aliphatic heterocycles. The molecule has 0 radical (unpaired) electrons. The summed E-state index contributed by atoms with van der Waals surface area (Å²) >= 11 is 3.36. The van der Waals surface area contributed by atoms with E-state index >= 15 is 0 Å². The Balaban J connectivity index is 1.76. The van der Waals surface area contributed by atoms with Crippen molar-refractivity contribution < 1.29 is 9.18 Å². The topological polar surface area (TPSA) is 32.3 Å². The van der Waals surface area contributed by atoms with E-state index in [0.29, 0.717) is 22.1 Å². The Kier molecular flexibility index (Phi) is 4.60. The fraction of sp³-hybridized carbons (Fsp3) is 0.562. The highest BCUT2D eigenvalue weighted by atomic mass is 79.9. The van der Waals surface area contributed by atoms with Crippen LogP contribution in [-0.2, 0) is 0 Å². The predicted octanol–water partition coefficient (Wildman–Crippen LogP) is 3.33. The molecule has 1 saturated carbocycles. The van der Waals surface area contributed by atoms with Crippen molar-refractivity contribution in [2.75, 3.05) is 13.1 Å². The molecule has 2 fully saturated rings. The third kappa shape index (κ3) is 3.64. The van der Waals surface area contributed by atoms with Crippen LogP contribution in [0.15, 0.2) is 22.7 Å². The normalized spacial score (nSPS) is 22.1. The molecule has 0 bridgehead atoms. The predicted molar refractivity (Wildman–Crippen MR) is 83.8 cm³/mol. The van der Waals surface area contributed by atoms with Crippen LogP contribution in [0.25, 0.3) is 0 Å². The molecule has 1 aliphatic carbocycles. The fourth-order valence-electron chi connectivity index (χ4n) is 2.92. The lowest BCUT2D eigenvalue weighted by Crippen LogP contribution is -2.46. The van der Waals surface area contributed by atoms with Gasteiger partial charge in [0.2, 0.25) is 0 Å². The number of carbonyl (C=O) groups is 1. The van der Waals surface area contributed by atoms with Crippen LogP contribution in [0.5, 0.6) is 0 Å². The van der Waals surface area contributed by atoms with Gasteiger partial charge in [-0.3, -0.25) is 4.79 Å². The number of rotatable bonds is 4. The van der Waals surface area contributed by atoms with E-state index in [1.807, 2.05) is 4.90 Å². The van der Waals surface area contributed by atoms with E-state index in [0.717, 1.165) is 32.4 Å². The minimum atomic E-state index is -0.368. The highest BCUT2D eigenvalue weighted by Gasteiger charge is 2.35. The van der Waals surface area contributed by atoms with Gasteiger partial charge in [-0.25, -0.2) is 4.39 Å². The van der Waals surface area contributed by atoms with Crippen molar-refractivity contribution in [1.29, 1.82) is 0 Å². The molecule has 1 N–H and O–H groups in total. The standard InChI is InChI=1S/C16H20BrFN2O/c17-15-7-4-11(18)9-14(15)16(21)20(13-5-6-13)10-12-3-1-2-8-19-12/h4,7,9,12-13,19H,1-3,5-6,8,10H2. The summed E-state index contributed by atoms with van der Waals surface area (Å²) in [6, 6.07) is 5.00. The Morgan fingerprint density at radius 1 is 1.33 bits per heavy atom. The first kappa shape index (κ1) is 15.0. The molecule has 1 amide bonds. The summed E-state index contributed by atoms with van der Waals surface area (Å²) in [4.78, 5) is 14.7. The zero-order chi connectivity index (χ0) is 14.8. The summed E-state index contributed by atoms with van der Waals surface area (Å²) < 4.78 is 14.1. The average Bonchev–Trinajstić information content (AvgIpc) is 3.32. The Bertz CT molecular complexity index is 527. The second kappa shape index (κ2) is 6.44. The van der Waals surface area contributed by atoms with E-state index in [1.165, 1.54) is 25.0 Å². The number of carbonyl (C=O) groups excluding carboxylic acids is 1. The fourth-order valence-corrected chi connectivity index (χ4v) is 3.33. The van der Waals surface area contributed by atoms with E-state index < -0.39 is 0 Å². The first-order valence-electron chi connectivity index (χ1n) is 7.64. The van der Waals surface area contributed by atoms with Gasteiger partial charge in [-0.1, -0.05) is 6.42 Å². The monoisotopic (exact) mass is 354 g/mol. The molecule has 1 aromatic rings. The number of piperidine rings is 1. The van der Waals surface area contributed by atoms with Crippen molar-refractivity contribution in [3.63, 3.8) is 0 Å². The van der Waals surface area contributed by atoms with Gasteiger partial charge in [-0.05, 0) is 66.4 Å². The quantitative estimate of drug-likeness (QED) is 0.899. The molecule has 0 aromatic heterocycles. The molecule has 1 heterocycles. The molecule has 21 heavy (non-hydrogen) atoms. The third-order valence-corrected chi connectivity index (χ3v) is 4.93. The Hall–Kier alpha value is -0.940. The van der Waals surface area contributed by atoms with Gasteiger partial charge in [0, 0.05) is 23.1 Å². The van der Waals surface area contributed by atoms with Gasteiger partial charge in [-0.15, -0.1) is 0 Å². The second-order valence-electron chi connectivity index (χ2n) is 5.96. The van der Waals surface area contributed by atoms with E-state index in [1.54, 1.807) is 6.07 Å². The Morgan fingerprint density at radius 3 is 2.81 bits per heavy atom. The van der Waals surface area contributed by atoms with E-state index in [4.69, 9.17) is 0 Å².